The molecule has 0 spiro atoms. The second-order valence-corrected chi connectivity index (χ2v) is 10.6. The maximum Gasteiger partial charge on any atom is 0.260 e. The van der Waals surface area contributed by atoms with Crippen LogP contribution >= 0.6 is 0 Å². The fourth-order valence-electron chi connectivity index (χ4n) is 4.74. The van der Waals surface area contributed by atoms with Crippen LogP contribution in [-0.2, 0) is 16.4 Å². The number of benzene rings is 2. The topological polar surface area (TPSA) is 79.8 Å². The highest BCUT2D eigenvalue weighted by Crippen LogP contribution is 2.33. The lowest BCUT2D eigenvalue weighted by molar-refractivity contribution is 0.0988. The number of hydrogen-bond donors (Lipinski definition) is 0. The van der Waals surface area contributed by atoms with Crippen molar-refractivity contribution in [2.24, 2.45) is 0 Å². The van der Waals surface area contributed by atoms with E-state index < -0.39 is 10.0 Å². The van der Waals surface area contributed by atoms with Crippen molar-refractivity contribution >= 4 is 32.5 Å². The van der Waals surface area contributed by atoms with Gasteiger partial charge in [-0.25, -0.2) is 8.42 Å². The van der Waals surface area contributed by atoms with Crippen LogP contribution in [0.15, 0.2) is 47.4 Å². The number of ether oxygens (including phenoxy) is 1. The van der Waals surface area contributed by atoms with E-state index in [1.807, 2.05) is 31.2 Å². The summed E-state index contributed by atoms with van der Waals surface area (Å²) >= 11 is 0. The van der Waals surface area contributed by atoms with E-state index in [4.69, 9.17) is 4.74 Å². The summed E-state index contributed by atoms with van der Waals surface area (Å²) in [6.45, 7) is 3.49. The number of sulfonamides is 1. The second-order valence-electron chi connectivity index (χ2n) is 8.64. The standard InChI is InChI=1S/C25H27N3O4S/c1-17-22(16-19-14-20(32-2)6-8-23(19)26-17)25(29)28-13-10-18-15-21(7-9-24(18)28)33(30,31)27-11-4-3-5-12-27/h6-9,14-16H,3-5,10-13H2,1-2H3. The molecule has 2 aliphatic heterocycles. The van der Waals surface area contributed by atoms with E-state index >= 15 is 0 Å². The largest absolute Gasteiger partial charge is 0.497 e. The van der Waals surface area contributed by atoms with Gasteiger partial charge in [0.1, 0.15) is 5.75 Å². The van der Waals surface area contributed by atoms with Gasteiger partial charge in [0.15, 0.2) is 0 Å². The van der Waals surface area contributed by atoms with Gasteiger partial charge >= 0.3 is 0 Å². The Morgan fingerprint density at radius 2 is 1.79 bits per heavy atom. The number of methoxy groups -OCH3 is 1. The molecule has 0 bridgehead atoms. The number of amides is 1. The Bertz CT molecular complexity index is 1350. The number of nitrogens with zero attached hydrogens (tertiary/aromatic N) is 3. The second kappa shape index (κ2) is 8.43. The van der Waals surface area contributed by atoms with Gasteiger partial charge in [-0.2, -0.15) is 4.31 Å². The lowest BCUT2D eigenvalue weighted by Crippen LogP contribution is -2.35. The van der Waals surface area contributed by atoms with Crippen LogP contribution < -0.4 is 9.64 Å². The van der Waals surface area contributed by atoms with Crippen molar-refractivity contribution in [2.45, 2.75) is 37.5 Å². The summed E-state index contributed by atoms with van der Waals surface area (Å²) in [6.07, 6.45) is 3.50. The van der Waals surface area contributed by atoms with E-state index in [2.05, 4.69) is 4.98 Å². The van der Waals surface area contributed by atoms with E-state index in [1.165, 1.54) is 0 Å². The van der Waals surface area contributed by atoms with Gasteiger partial charge in [-0.1, -0.05) is 6.42 Å². The lowest BCUT2D eigenvalue weighted by atomic mass is 10.1. The highest BCUT2D eigenvalue weighted by Gasteiger charge is 2.31. The number of piperidine rings is 1. The third kappa shape index (κ3) is 3.87. The first-order chi connectivity index (χ1) is 15.9. The summed E-state index contributed by atoms with van der Waals surface area (Å²) in [5, 5.41) is 0.839. The molecular weight excluding hydrogens is 438 g/mol. The zero-order valence-electron chi connectivity index (χ0n) is 18.9. The summed E-state index contributed by atoms with van der Waals surface area (Å²) in [4.78, 5) is 20.1. The molecule has 5 rings (SSSR count). The van der Waals surface area contributed by atoms with E-state index in [0.717, 1.165) is 41.4 Å². The van der Waals surface area contributed by atoms with Crippen molar-refractivity contribution < 1.29 is 17.9 Å². The molecule has 3 heterocycles. The van der Waals surface area contributed by atoms with E-state index in [9.17, 15) is 13.2 Å². The van der Waals surface area contributed by atoms with Crippen molar-refractivity contribution in [1.82, 2.24) is 9.29 Å². The molecule has 1 aromatic heterocycles. The Morgan fingerprint density at radius 1 is 1.00 bits per heavy atom. The number of fused-ring (bicyclic) bond motifs is 2. The Labute approximate surface area is 194 Å². The summed E-state index contributed by atoms with van der Waals surface area (Å²) in [7, 11) is -1.90. The number of carbonyl (C=O) groups excluding carboxylic acids is 1. The normalized spacial score (nSPS) is 16.7. The van der Waals surface area contributed by atoms with Crippen LogP contribution in [0.5, 0.6) is 5.75 Å². The minimum absolute atomic E-state index is 0.130. The molecule has 1 saturated heterocycles. The molecule has 1 amide bonds. The van der Waals surface area contributed by atoms with Gasteiger partial charge in [0.2, 0.25) is 10.0 Å². The number of pyridine rings is 1. The number of hydrogen-bond acceptors (Lipinski definition) is 5. The van der Waals surface area contributed by atoms with Crippen molar-refractivity contribution in [1.29, 1.82) is 0 Å². The van der Waals surface area contributed by atoms with Gasteiger partial charge in [0.25, 0.3) is 5.91 Å². The van der Waals surface area contributed by atoms with E-state index in [-0.39, 0.29) is 5.91 Å². The first kappa shape index (κ1) is 21.9. The Hall–Kier alpha value is -2.97. The van der Waals surface area contributed by atoms with Gasteiger partial charge in [0, 0.05) is 30.7 Å². The maximum atomic E-state index is 13.5. The number of rotatable bonds is 4. The SMILES string of the molecule is COc1ccc2nc(C)c(C(=O)N3CCc4cc(S(=O)(=O)N5CCCCC5)ccc43)cc2c1. The molecular formula is C25H27N3O4S. The Balaban J connectivity index is 1.46. The zero-order valence-corrected chi connectivity index (χ0v) is 19.7. The van der Waals surface area contributed by atoms with Crippen LogP contribution in [-0.4, -0.2) is 50.4 Å². The van der Waals surface area contributed by atoms with Gasteiger partial charge in [0.05, 0.1) is 28.8 Å². The first-order valence-electron chi connectivity index (χ1n) is 11.3. The average molecular weight is 466 g/mol. The molecule has 0 unspecified atom stereocenters. The Morgan fingerprint density at radius 3 is 2.55 bits per heavy atom. The molecule has 1 fully saturated rings. The molecule has 0 aliphatic carbocycles. The fourth-order valence-corrected chi connectivity index (χ4v) is 6.31. The molecule has 7 nitrogen and oxygen atoms in total. The highest BCUT2D eigenvalue weighted by molar-refractivity contribution is 7.89. The first-order valence-corrected chi connectivity index (χ1v) is 12.7. The summed E-state index contributed by atoms with van der Waals surface area (Å²) in [5.74, 6) is 0.579. The van der Waals surface area contributed by atoms with Crippen LogP contribution in [0, 0.1) is 6.92 Å². The molecule has 33 heavy (non-hydrogen) atoms. The molecule has 172 valence electrons. The van der Waals surface area contributed by atoms with E-state index in [1.54, 1.807) is 34.5 Å². The van der Waals surface area contributed by atoms with Crippen LogP contribution in [0.4, 0.5) is 5.69 Å². The minimum Gasteiger partial charge on any atom is -0.497 e. The summed E-state index contributed by atoms with van der Waals surface area (Å²) in [6, 6.07) is 12.6. The van der Waals surface area contributed by atoms with Crippen LogP contribution in [0.2, 0.25) is 0 Å². The molecule has 2 aromatic carbocycles. The lowest BCUT2D eigenvalue weighted by Gasteiger charge is -2.26. The third-order valence-electron chi connectivity index (χ3n) is 6.59. The van der Waals surface area contributed by atoms with Gasteiger partial charge < -0.3 is 9.64 Å². The number of aromatic nitrogens is 1. The number of aryl methyl sites for hydroxylation is 1. The summed E-state index contributed by atoms with van der Waals surface area (Å²) < 4.78 is 33.0. The molecule has 0 saturated carbocycles. The van der Waals surface area contributed by atoms with Gasteiger partial charge in [-0.05, 0) is 74.2 Å². The molecule has 0 atom stereocenters. The van der Waals surface area contributed by atoms with Crippen molar-refractivity contribution in [3.63, 3.8) is 0 Å². The highest BCUT2D eigenvalue weighted by atomic mass is 32.2. The minimum atomic E-state index is -3.50. The third-order valence-corrected chi connectivity index (χ3v) is 8.48. The van der Waals surface area contributed by atoms with Crippen LogP contribution in [0.1, 0.15) is 40.9 Å². The quantitative estimate of drug-likeness (QED) is 0.583. The zero-order chi connectivity index (χ0) is 23.2. The number of anilines is 1. The molecule has 2 aliphatic rings. The number of carbonyl (C=O) groups is 1. The molecule has 0 radical (unpaired) electrons. The average Bonchev–Trinajstić information content (AvgIpc) is 3.27. The predicted octanol–water partition coefficient (Wildman–Crippen LogP) is 3.93. The van der Waals surface area contributed by atoms with Crippen molar-refractivity contribution in [2.75, 3.05) is 31.6 Å². The molecule has 0 N–H and O–H groups in total. The van der Waals surface area contributed by atoms with Crippen molar-refractivity contribution in [3.05, 3.63) is 59.3 Å². The summed E-state index contributed by atoms with van der Waals surface area (Å²) in [5.41, 5.74) is 3.65. The van der Waals surface area contributed by atoms with Gasteiger partial charge in [-0.3, -0.25) is 9.78 Å². The smallest absolute Gasteiger partial charge is 0.260 e. The molecule has 8 heteroatoms. The fraction of sp³-hybridized carbons (Fsp3) is 0.360. The predicted molar refractivity (Wildman–Crippen MR) is 127 cm³/mol. The van der Waals surface area contributed by atoms with Gasteiger partial charge in [-0.15, -0.1) is 0 Å². The van der Waals surface area contributed by atoms with Crippen molar-refractivity contribution in [3.8, 4) is 5.75 Å². The molecule has 3 aromatic rings. The Kier molecular flexibility index (Phi) is 5.58. The maximum absolute atomic E-state index is 13.5. The monoisotopic (exact) mass is 465 g/mol. The van der Waals surface area contributed by atoms with E-state index in [0.29, 0.717) is 48.0 Å². The van der Waals surface area contributed by atoms with Crippen LogP contribution in [0.3, 0.4) is 0 Å². The van der Waals surface area contributed by atoms with Crippen LogP contribution in [0.25, 0.3) is 10.9 Å².